The molecular formula is C26H25F3N6O3. The molecule has 5 rings (SSSR count). The number of carbonyl (C=O) groups is 1. The van der Waals surface area contributed by atoms with E-state index in [1.807, 2.05) is 0 Å². The van der Waals surface area contributed by atoms with E-state index in [-0.39, 0.29) is 34.7 Å². The van der Waals surface area contributed by atoms with Crippen LogP contribution < -0.4 is 15.8 Å². The number of fused-ring (bicyclic) bond motifs is 1. The van der Waals surface area contributed by atoms with Crippen LogP contribution in [-0.4, -0.2) is 39.0 Å². The van der Waals surface area contributed by atoms with Crippen molar-refractivity contribution >= 4 is 16.8 Å². The number of nitrogens with two attached hydrogens (primary N) is 1. The number of oxazole rings is 1. The highest BCUT2D eigenvalue weighted by Gasteiger charge is 2.35. The third-order valence-electron chi connectivity index (χ3n) is 6.50. The second-order valence-corrected chi connectivity index (χ2v) is 9.30. The number of pyridine rings is 1. The van der Waals surface area contributed by atoms with Crippen molar-refractivity contribution in [2.45, 2.75) is 44.4 Å². The molecule has 1 saturated carbocycles. The van der Waals surface area contributed by atoms with Gasteiger partial charge in [0.05, 0.1) is 13.2 Å². The Labute approximate surface area is 215 Å². The maximum absolute atomic E-state index is 13.3. The van der Waals surface area contributed by atoms with Gasteiger partial charge in [0.1, 0.15) is 22.8 Å². The fourth-order valence-corrected chi connectivity index (χ4v) is 4.59. The van der Waals surface area contributed by atoms with Gasteiger partial charge in [-0.3, -0.25) is 4.79 Å². The zero-order chi connectivity index (χ0) is 27.0. The molecule has 1 fully saturated rings. The Morgan fingerprint density at radius 2 is 1.92 bits per heavy atom. The maximum Gasteiger partial charge on any atom is 0.433 e. The SMILES string of the molecule is COc1ccc(-c2nc(C(=O)NC3CC(Cc4ncccn4)C3)c([C@H](C)N)o2)c2ccc(C(F)(F)F)nc12. The van der Waals surface area contributed by atoms with Crippen molar-refractivity contribution in [1.29, 1.82) is 0 Å². The highest BCUT2D eigenvalue weighted by molar-refractivity contribution is 5.98. The number of carbonyl (C=O) groups excluding carboxylic acids is 1. The number of methoxy groups -OCH3 is 1. The summed E-state index contributed by atoms with van der Waals surface area (Å²) in [7, 11) is 1.34. The van der Waals surface area contributed by atoms with E-state index in [0.29, 0.717) is 16.9 Å². The first-order valence-electron chi connectivity index (χ1n) is 12.0. The Hall–Kier alpha value is -4.06. The van der Waals surface area contributed by atoms with E-state index in [9.17, 15) is 18.0 Å². The first kappa shape index (κ1) is 25.6. The predicted molar refractivity (Wildman–Crippen MR) is 131 cm³/mol. The molecule has 38 heavy (non-hydrogen) atoms. The molecule has 1 amide bonds. The molecule has 3 aromatic heterocycles. The largest absolute Gasteiger partial charge is 0.494 e. The van der Waals surface area contributed by atoms with Gasteiger partial charge in [-0.05, 0) is 56.0 Å². The lowest BCUT2D eigenvalue weighted by atomic mass is 9.78. The lowest BCUT2D eigenvalue weighted by Crippen LogP contribution is -2.45. The highest BCUT2D eigenvalue weighted by Crippen LogP contribution is 2.37. The van der Waals surface area contributed by atoms with Gasteiger partial charge in [-0.25, -0.2) is 19.9 Å². The van der Waals surface area contributed by atoms with Crippen molar-refractivity contribution in [2.75, 3.05) is 7.11 Å². The third-order valence-corrected chi connectivity index (χ3v) is 6.50. The number of nitrogens with zero attached hydrogens (tertiary/aromatic N) is 4. The monoisotopic (exact) mass is 526 g/mol. The molecule has 0 radical (unpaired) electrons. The van der Waals surface area contributed by atoms with Crippen LogP contribution in [0.3, 0.4) is 0 Å². The Balaban J connectivity index is 1.40. The first-order chi connectivity index (χ1) is 18.1. The fourth-order valence-electron chi connectivity index (χ4n) is 4.59. The summed E-state index contributed by atoms with van der Waals surface area (Å²) in [5.41, 5.74) is 5.40. The van der Waals surface area contributed by atoms with Crippen molar-refractivity contribution in [3.05, 3.63) is 65.7 Å². The number of ether oxygens (including phenoxy) is 1. The molecule has 12 heteroatoms. The third kappa shape index (κ3) is 5.03. The van der Waals surface area contributed by atoms with Gasteiger partial charge in [0.2, 0.25) is 5.89 Å². The molecule has 1 aliphatic carbocycles. The minimum atomic E-state index is -4.62. The smallest absolute Gasteiger partial charge is 0.433 e. The standard InChI is InChI=1S/C26H25F3N6O3/c1-13(30)23-22(24(36)33-15-10-14(11-15)12-20-31-8-3-9-32-20)35-25(38-23)17-4-6-18(37-2)21-16(17)5-7-19(34-21)26(27,28)29/h3-9,13-15H,10-12,30H2,1-2H3,(H,33,36)/t13-,14?,15?/m0/s1. The van der Waals surface area contributed by atoms with E-state index < -0.39 is 23.8 Å². The van der Waals surface area contributed by atoms with Gasteiger partial charge in [-0.15, -0.1) is 0 Å². The van der Waals surface area contributed by atoms with Gasteiger partial charge in [-0.2, -0.15) is 13.2 Å². The molecule has 0 aliphatic heterocycles. The number of nitrogens with one attached hydrogen (secondary N) is 1. The number of rotatable bonds is 7. The molecule has 0 bridgehead atoms. The summed E-state index contributed by atoms with van der Waals surface area (Å²) in [6.45, 7) is 1.66. The number of hydrogen-bond acceptors (Lipinski definition) is 8. The van der Waals surface area contributed by atoms with E-state index in [4.69, 9.17) is 14.9 Å². The number of benzene rings is 1. The topological polar surface area (TPSA) is 129 Å². The van der Waals surface area contributed by atoms with Gasteiger partial charge in [-0.1, -0.05) is 0 Å². The van der Waals surface area contributed by atoms with Crippen LogP contribution in [0.5, 0.6) is 5.75 Å². The molecule has 0 spiro atoms. The predicted octanol–water partition coefficient (Wildman–Crippen LogP) is 4.48. The molecule has 0 saturated heterocycles. The van der Waals surface area contributed by atoms with Crippen LogP contribution in [0.4, 0.5) is 13.2 Å². The van der Waals surface area contributed by atoms with Gasteiger partial charge >= 0.3 is 6.18 Å². The molecule has 9 nitrogen and oxygen atoms in total. The minimum Gasteiger partial charge on any atom is -0.494 e. The van der Waals surface area contributed by atoms with Crippen molar-refractivity contribution in [2.24, 2.45) is 11.7 Å². The van der Waals surface area contributed by atoms with Crippen LogP contribution in [0, 0.1) is 5.92 Å². The van der Waals surface area contributed by atoms with Crippen LogP contribution in [0.25, 0.3) is 22.4 Å². The quantitative estimate of drug-likeness (QED) is 0.361. The Bertz CT molecular complexity index is 1470. The van der Waals surface area contributed by atoms with Crippen molar-refractivity contribution < 1.29 is 27.1 Å². The van der Waals surface area contributed by atoms with E-state index >= 15 is 0 Å². The second kappa shape index (κ2) is 10.0. The van der Waals surface area contributed by atoms with Crippen LogP contribution >= 0.6 is 0 Å². The fraction of sp³-hybridized carbons (Fsp3) is 0.346. The molecule has 1 aromatic carbocycles. The molecule has 3 heterocycles. The zero-order valence-electron chi connectivity index (χ0n) is 20.6. The van der Waals surface area contributed by atoms with E-state index in [0.717, 1.165) is 31.2 Å². The minimum absolute atomic E-state index is 0.00530. The van der Waals surface area contributed by atoms with Crippen LogP contribution in [0.2, 0.25) is 0 Å². The van der Waals surface area contributed by atoms with E-state index in [1.165, 1.54) is 19.2 Å². The van der Waals surface area contributed by atoms with E-state index in [2.05, 4.69) is 25.3 Å². The summed E-state index contributed by atoms with van der Waals surface area (Å²) in [6, 6.07) is 6.30. The van der Waals surface area contributed by atoms with Gasteiger partial charge in [0, 0.05) is 35.8 Å². The Morgan fingerprint density at radius 3 is 2.58 bits per heavy atom. The molecule has 1 atom stereocenters. The van der Waals surface area contributed by atoms with Crippen molar-refractivity contribution in [3.63, 3.8) is 0 Å². The second-order valence-electron chi connectivity index (χ2n) is 9.30. The molecule has 0 unspecified atom stereocenters. The Kier molecular flexibility index (Phi) is 6.74. The molecule has 1 aliphatic rings. The van der Waals surface area contributed by atoms with Crippen molar-refractivity contribution in [1.82, 2.24) is 25.3 Å². The van der Waals surface area contributed by atoms with Crippen LogP contribution in [0.1, 0.15) is 53.6 Å². The summed E-state index contributed by atoms with van der Waals surface area (Å²) in [6.07, 6.45) is 1.07. The van der Waals surface area contributed by atoms with Crippen LogP contribution in [0.15, 0.2) is 47.1 Å². The average Bonchev–Trinajstić information content (AvgIpc) is 3.32. The summed E-state index contributed by atoms with van der Waals surface area (Å²) in [5.74, 6) is 1.09. The molecule has 4 aromatic rings. The molecular weight excluding hydrogens is 501 g/mol. The lowest BCUT2D eigenvalue weighted by Gasteiger charge is -2.35. The first-order valence-corrected chi connectivity index (χ1v) is 12.0. The number of aromatic nitrogens is 4. The lowest BCUT2D eigenvalue weighted by molar-refractivity contribution is -0.140. The van der Waals surface area contributed by atoms with Gasteiger partial charge in [0.15, 0.2) is 11.5 Å². The summed E-state index contributed by atoms with van der Waals surface area (Å²) in [4.78, 5) is 29.8. The summed E-state index contributed by atoms with van der Waals surface area (Å²) < 4.78 is 51.0. The summed E-state index contributed by atoms with van der Waals surface area (Å²) >= 11 is 0. The Morgan fingerprint density at radius 1 is 1.18 bits per heavy atom. The number of hydrogen-bond donors (Lipinski definition) is 2. The molecule has 198 valence electrons. The van der Waals surface area contributed by atoms with Crippen LogP contribution in [-0.2, 0) is 12.6 Å². The average molecular weight is 527 g/mol. The van der Waals surface area contributed by atoms with E-state index in [1.54, 1.807) is 31.5 Å². The zero-order valence-corrected chi connectivity index (χ0v) is 20.6. The number of alkyl halides is 3. The van der Waals surface area contributed by atoms with Gasteiger partial charge in [0.25, 0.3) is 5.91 Å². The molecule has 3 N–H and O–H groups in total. The number of amides is 1. The van der Waals surface area contributed by atoms with Gasteiger partial charge < -0.3 is 20.2 Å². The highest BCUT2D eigenvalue weighted by atomic mass is 19.4. The normalized spacial score (nSPS) is 18.2. The maximum atomic E-state index is 13.3. The summed E-state index contributed by atoms with van der Waals surface area (Å²) in [5, 5.41) is 3.30. The number of halogens is 3. The van der Waals surface area contributed by atoms with Crippen molar-refractivity contribution in [3.8, 4) is 17.2 Å².